The van der Waals surface area contributed by atoms with Gasteiger partial charge in [-0.2, -0.15) is 0 Å². The number of nitrogens with zero attached hydrogens (tertiary/aromatic N) is 1. The van der Waals surface area contributed by atoms with Crippen molar-refractivity contribution in [1.82, 2.24) is 4.90 Å². The lowest BCUT2D eigenvalue weighted by Crippen LogP contribution is -2.38. The lowest BCUT2D eigenvalue weighted by molar-refractivity contribution is 0.145. The molecule has 1 aromatic rings. The van der Waals surface area contributed by atoms with Gasteiger partial charge in [-0.15, -0.1) is 0 Å². The Balaban J connectivity index is 1.77. The molecule has 1 N–H and O–H groups in total. The fraction of sp³-hybridized carbons (Fsp3) is 0.538. The Bertz CT molecular complexity index is 359. The summed E-state index contributed by atoms with van der Waals surface area (Å²) in [6, 6.07) is 9.76. The molecule has 0 radical (unpaired) electrons. The molecule has 2 rings (SSSR count). The van der Waals surface area contributed by atoms with Gasteiger partial charge in [-0.25, -0.2) is 0 Å². The van der Waals surface area contributed by atoms with Crippen LogP contribution in [0.3, 0.4) is 0 Å². The first-order valence-corrected chi connectivity index (χ1v) is 7.55. The molecule has 0 spiro atoms. The predicted octanol–water partition coefficient (Wildman–Crippen LogP) is 1.17. The summed E-state index contributed by atoms with van der Waals surface area (Å²) in [5.74, 6) is 1.56. The maximum Gasteiger partial charge on any atom is 0.0802 e. The van der Waals surface area contributed by atoms with Gasteiger partial charge in [-0.1, -0.05) is 30.3 Å². The molecule has 0 bridgehead atoms. The molecular weight excluding hydrogens is 234 g/mol. The van der Waals surface area contributed by atoms with E-state index < -0.39 is 10.8 Å². The van der Waals surface area contributed by atoms with E-state index in [2.05, 4.69) is 4.90 Å². The lowest BCUT2D eigenvalue weighted by Gasteiger charge is -2.26. The van der Waals surface area contributed by atoms with Gasteiger partial charge in [-0.3, -0.25) is 4.21 Å². The second-order valence-corrected chi connectivity index (χ2v) is 6.10. The minimum absolute atomic E-state index is 0.386. The van der Waals surface area contributed by atoms with Crippen molar-refractivity contribution in [3.05, 3.63) is 35.9 Å². The van der Waals surface area contributed by atoms with Crippen molar-refractivity contribution in [2.75, 3.05) is 31.1 Å². The SMILES string of the molecule is O=S1CCN(CCC(O)c2ccccc2)CC1. The molecule has 1 aliphatic heterocycles. The van der Waals surface area contributed by atoms with Crippen molar-refractivity contribution in [2.24, 2.45) is 0 Å². The van der Waals surface area contributed by atoms with E-state index in [1.807, 2.05) is 30.3 Å². The van der Waals surface area contributed by atoms with E-state index >= 15 is 0 Å². The van der Waals surface area contributed by atoms with E-state index in [1.54, 1.807) is 0 Å². The quantitative estimate of drug-likeness (QED) is 0.876. The first-order chi connectivity index (χ1) is 8.25. The van der Waals surface area contributed by atoms with Crippen LogP contribution in [0, 0.1) is 0 Å². The number of rotatable bonds is 4. The fourth-order valence-electron chi connectivity index (χ4n) is 2.05. The highest BCUT2D eigenvalue weighted by Gasteiger charge is 2.16. The number of hydrogen-bond acceptors (Lipinski definition) is 3. The minimum atomic E-state index is -0.615. The summed E-state index contributed by atoms with van der Waals surface area (Å²) in [4.78, 5) is 2.29. The summed E-state index contributed by atoms with van der Waals surface area (Å²) in [5, 5.41) is 10.0. The largest absolute Gasteiger partial charge is 0.388 e. The Labute approximate surface area is 105 Å². The Morgan fingerprint density at radius 1 is 1.24 bits per heavy atom. The van der Waals surface area contributed by atoms with Crippen molar-refractivity contribution in [1.29, 1.82) is 0 Å². The van der Waals surface area contributed by atoms with Gasteiger partial charge in [0.25, 0.3) is 0 Å². The molecule has 1 aliphatic rings. The smallest absolute Gasteiger partial charge is 0.0802 e. The van der Waals surface area contributed by atoms with Crippen LogP contribution in [-0.2, 0) is 10.8 Å². The lowest BCUT2D eigenvalue weighted by atomic mass is 10.1. The normalized spacial score (nSPS) is 20.3. The van der Waals surface area contributed by atoms with E-state index in [1.165, 1.54) is 0 Å². The molecule has 94 valence electrons. The van der Waals surface area contributed by atoms with Crippen molar-refractivity contribution in [3.8, 4) is 0 Å². The minimum Gasteiger partial charge on any atom is -0.388 e. The predicted molar refractivity (Wildman–Crippen MR) is 70.3 cm³/mol. The summed E-state index contributed by atoms with van der Waals surface area (Å²) in [7, 11) is -0.615. The van der Waals surface area contributed by atoms with E-state index in [0.717, 1.165) is 43.1 Å². The highest BCUT2D eigenvalue weighted by Crippen LogP contribution is 2.16. The van der Waals surface area contributed by atoms with Gasteiger partial charge in [-0.05, 0) is 12.0 Å². The van der Waals surface area contributed by atoms with Crippen LogP contribution in [0.1, 0.15) is 18.1 Å². The summed E-state index contributed by atoms with van der Waals surface area (Å²) in [5.41, 5.74) is 0.980. The summed E-state index contributed by atoms with van der Waals surface area (Å²) in [6.07, 6.45) is 0.361. The third-order valence-electron chi connectivity index (χ3n) is 3.17. The van der Waals surface area contributed by atoms with Crippen molar-refractivity contribution < 1.29 is 9.32 Å². The van der Waals surface area contributed by atoms with Crippen LogP contribution in [0.5, 0.6) is 0 Å². The van der Waals surface area contributed by atoms with Crippen LogP contribution >= 0.6 is 0 Å². The standard InChI is InChI=1S/C13H19NO2S/c15-13(12-4-2-1-3-5-12)6-7-14-8-10-17(16)11-9-14/h1-5,13,15H,6-11H2. The number of aliphatic hydroxyl groups excluding tert-OH is 1. The number of aliphatic hydroxyl groups is 1. The molecule has 0 aromatic heterocycles. The van der Waals surface area contributed by atoms with Crippen LogP contribution in [0.4, 0.5) is 0 Å². The molecule has 4 heteroatoms. The second kappa shape index (κ2) is 6.28. The zero-order chi connectivity index (χ0) is 12.1. The molecule has 1 unspecified atom stereocenters. The summed E-state index contributed by atoms with van der Waals surface area (Å²) < 4.78 is 11.2. The molecule has 1 fully saturated rings. The maximum atomic E-state index is 11.2. The summed E-state index contributed by atoms with van der Waals surface area (Å²) in [6.45, 7) is 2.68. The third kappa shape index (κ3) is 3.91. The Hall–Kier alpha value is -0.710. The Morgan fingerprint density at radius 2 is 1.88 bits per heavy atom. The molecule has 3 nitrogen and oxygen atoms in total. The van der Waals surface area contributed by atoms with Gasteiger partial charge in [0.1, 0.15) is 0 Å². The molecular formula is C13H19NO2S. The number of benzene rings is 1. The molecule has 1 saturated heterocycles. The molecule has 1 aromatic carbocycles. The van der Waals surface area contributed by atoms with Crippen molar-refractivity contribution in [3.63, 3.8) is 0 Å². The molecule has 1 heterocycles. The van der Waals surface area contributed by atoms with Gasteiger partial charge >= 0.3 is 0 Å². The van der Waals surface area contributed by atoms with Crippen molar-refractivity contribution in [2.45, 2.75) is 12.5 Å². The van der Waals surface area contributed by atoms with E-state index in [-0.39, 0.29) is 6.10 Å². The first kappa shape index (κ1) is 12.7. The Kier molecular flexibility index (Phi) is 4.71. The topological polar surface area (TPSA) is 40.5 Å². The van der Waals surface area contributed by atoms with E-state index in [9.17, 15) is 9.32 Å². The van der Waals surface area contributed by atoms with Gasteiger partial charge < -0.3 is 10.0 Å². The highest BCUT2D eigenvalue weighted by molar-refractivity contribution is 7.85. The van der Waals surface area contributed by atoms with Gasteiger partial charge in [0, 0.05) is 41.9 Å². The van der Waals surface area contributed by atoms with E-state index in [0.29, 0.717) is 0 Å². The molecule has 0 saturated carbocycles. The molecule has 0 aliphatic carbocycles. The monoisotopic (exact) mass is 253 g/mol. The first-order valence-electron chi connectivity index (χ1n) is 6.06. The molecule has 1 atom stereocenters. The number of hydrogen-bond donors (Lipinski definition) is 1. The van der Waals surface area contributed by atoms with Crippen LogP contribution in [0.15, 0.2) is 30.3 Å². The van der Waals surface area contributed by atoms with Crippen LogP contribution < -0.4 is 0 Å². The molecule has 0 amide bonds. The highest BCUT2D eigenvalue weighted by atomic mass is 32.2. The molecule has 17 heavy (non-hydrogen) atoms. The third-order valence-corrected chi connectivity index (χ3v) is 4.45. The van der Waals surface area contributed by atoms with Gasteiger partial charge in [0.05, 0.1) is 6.10 Å². The zero-order valence-electron chi connectivity index (χ0n) is 9.92. The van der Waals surface area contributed by atoms with Gasteiger partial charge in [0.2, 0.25) is 0 Å². The van der Waals surface area contributed by atoms with Crippen LogP contribution in [-0.4, -0.2) is 45.4 Å². The van der Waals surface area contributed by atoms with Gasteiger partial charge in [0.15, 0.2) is 0 Å². The Morgan fingerprint density at radius 3 is 2.53 bits per heavy atom. The second-order valence-electron chi connectivity index (χ2n) is 4.40. The van der Waals surface area contributed by atoms with Crippen LogP contribution in [0.2, 0.25) is 0 Å². The average molecular weight is 253 g/mol. The maximum absolute atomic E-state index is 11.2. The van der Waals surface area contributed by atoms with Crippen LogP contribution in [0.25, 0.3) is 0 Å². The zero-order valence-corrected chi connectivity index (χ0v) is 10.7. The van der Waals surface area contributed by atoms with E-state index in [4.69, 9.17) is 0 Å². The van der Waals surface area contributed by atoms with Crippen molar-refractivity contribution >= 4 is 10.8 Å². The summed E-state index contributed by atoms with van der Waals surface area (Å²) >= 11 is 0. The average Bonchev–Trinajstić information content (AvgIpc) is 2.39. The fourth-order valence-corrected chi connectivity index (χ4v) is 3.17.